The highest BCUT2D eigenvalue weighted by atomic mass is 35.5. The third kappa shape index (κ3) is 1.79. The van der Waals surface area contributed by atoms with Crippen LogP contribution >= 0.6 is 11.6 Å². The molecule has 0 spiro atoms. The van der Waals surface area contributed by atoms with Crippen LogP contribution in [0.2, 0.25) is 0 Å². The molecule has 94 valence electrons. The minimum absolute atomic E-state index is 0.164. The number of allylic oxidation sites excluding steroid dienone is 4. The van der Waals surface area contributed by atoms with Gasteiger partial charge in [0.05, 0.1) is 16.3 Å². The van der Waals surface area contributed by atoms with Gasteiger partial charge in [-0.2, -0.15) is 5.10 Å². The molecule has 0 saturated carbocycles. The number of fused-ring (bicyclic) bond motifs is 1. The number of aromatic nitrogens is 2. The molecule has 0 amide bonds. The van der Waals surface area contributed by atoms with Crippen LogP contribution in [-0.2, 0) is 0 Å². The van der Waals surface area contributed by atoms with Gasteiger partial charge in [0.1, 0.15) is 5.76 Å². The maximum atomic E-state index is 6.24. The summed E-state index contributed by atoms with van der Waals surface area (Å²) in [4.78, 5) is -0.382. The maximum Gasteiger partial charge on any atom is 0.222 e. The summed E-state index contributed by atoms with van der Waals surface area (Å²) in [6.07, 6.45) is 8.21. The third-order valence-electron chi connectivity index (χ3n) is 3.22. The van der Waals surface area contributed by atoms with Crippen molar-refractivity contribution in [1.82, 2.24) is 9.61 Å². The Morgan fingerprint density at radius 2 is 2.00 bits per heavy atom. The summed E-state index contributed by atoms with van der Waals surface area (Å²) >= 11 is 6.24. The van der Waals surface area contributed by atoms with Crippen molar-refractivity contribution in [1.29, 1.82) is 0 Å². The van der Waals surface area contributed by atoms with Crippen LogP contribution < -0.4 is 0 Å². The van der Waals surface area contributed by atoms with Crippen LogP contribution in [-0.4, -0.2) is 14.5 Å². The molecule has 0 aliphatic heterocycles. The van der Waals surface area contributed by atoms with E-state index in [2.05, 4.69) is 17.3 Å². The minimum Gasteiger partial charge on any atom is -0.442 e. The molecule has 0 saturated heterocycles. The molecule has 1 aliphatic carbocycles. The van der Waals surface area contributed by atoms with Crippen LogP contribution in [0.4, 0.5) is 0 Å². The van der Waals surface area contributed by atoms with Gasteiger partial charge in [0, 0.05) is 12.0 Å². The normalized spacial score (nSPS) is 27.2. The summed E-state index contributed by atoms with van der Waals surface area (Å²) in [5.41, 5.74) is 2.82. The van der Waals surface area contributed by atoms with Crippen LogP contribution in [0.5, 0.6) is 0 Å². The Morgan fingerprint density at radius 3 is 2.67 bits per heavy atom. The van der Waals surface area contributed by atoms with Crippen molar-refractivity contribution in [2.24, 2.45) is 0 Å². The first-order chi connectivity index (χ1) is 8.46. The predicted octanol–water partition coefficient (Wildman–Crippen LogP) is 3.75. The van der Waals surface area contributed by atoms with Gasteiger partial charge in [0.2, 0.25) is 5.71 Å². The first-order valence-electron chi connectivity index (χ1n) is 5.99. The van der Waals surface area contributed by atoms with Gasteiger partial charge in [-0.15, -0.1) is 11.6 Å². The van der Waals surface area contributed by atoms with Crippen LogP contribution in [0.25, 0.3) is 5.71 Å². The number of nitrogens with zero attached hydrogens (tertiary/aromatic N) is 2. The van der Waals surface area contributed by atoms with E-state index in [1.165, 1.54) is 0 Å². The molecular weight excluding hydrogens is 248 g/mol. The molecule has 0 fully saturated rings. The van der Waals surface area contributed by atoms with Gasteiger partial charge in [0.15, 0.2) is 0 Å². The monoisotopic (exact) mass is 262 g/mol. The summed E-state index contributed by atoms with van der Waals surface area (Å²) in [6.45, 7) is 5.90. The predicted molar refractivity (Wildman–Crippen MR) is 72.2 cm³/mol. The van der Waals surface area contributed by atoms with Crippen molar-refractivity contribution in [3.05, 3.63) is 47.5 Å². The topological polar surface area (TPSA) is 30.4 Å². The summed E-state index contributed by atoms with van der Waals surface area (Å²) in [5.74, 6) is 1.06. The molecule has 4 heteroatoms. The highest BCUT2D eigenvalue weighted by Crippen LogP contribution is 2.32. The second-order valence-corrected chi connectivity index (χ2v) is 5.79. The van der Waals surface area contributed by atoms with Gasteiger partial charge in [-0.25, -0.2) is 4.52 Å². The van der Waals surface area contributed by atoms with Crippen LogP contribution in [0.1, 0.15) is 30.0 Å². The van der Waals surface area contributed by atoms with E-state index in [1.54, 1.807) is 0 Å². The highest BCUT2D eigenvalue weighted by Gasteiger charge is 2.24. The molecular formula is C14H15ClN2O. The van der Waals surface area contributed by atoms with E-state index in [4.69, 9.17) is 16.0 Å². The molecule has 2 aromatic heterocycles. The molecule has 3 rings (SSSR count). The molecule has 0 aromatic carbocycles. The van der Waals surface area contributed by atoms with E-state index in [1.807, 2.05) is 43.5 Å². The summed E-state index contributed by atoms with van der Waals surface area (Å²) < 4.78 is 7.60. The summed E-state index contributed by atoms with van der Waals surface area (Å²) in [7, 11) is 0. The van der Waals surface area contributed by atoms with Gasteiger partial charge in [-0.1, -0.05) is 24.3 Å². The molecule has 0 atom stereocenters. The third-order valence-corrected chi connectivity index (χ3v) is 3.47. The lowest BCUT2D eigenvalue weighted by Crippen LogP contribution is -2.14. The molecule has 0 N–H and O–H groups in total. The number of halogens is 1. The van der Waals surface area contributed by atoms with Gasteiger partial charge in [-0.05, 0) is 20.8 Å². The fourth-order valence-electron chi connectivity index (χ4n) is 2.34. The zero-order valence-corrected chi connectivity index (χ0v) is 11.4. The van der Waals surface area contributed by atoms with E-state index in [0.29, 0.717) is 0 Å². The first kappa shape index (κ1) is 11.6. The second-order valence-electron chi connectivity index (χ2n) is 4.97. The quantitative estimate of drug-likeness (QED) is 0.579. The molecule has 0 radical (unpaired) electrons. The van der Waals surface area contributed by atoms with Gasteiger partial charge >= 0.3 is 0 Å². The molecule has 0 bridgehead atoms. The van der Waals surface area contributed by atoms with Crippen molar-refractivity contribution in [2.45, 2.75) is 31.6 Å². The van der Waals surface area contributed by atoms with Crippen molar-refractivity contribution < 1.29 is 4.42 Å². The zero-order valence-electron chi connectivity index (χ0n) is 10.6. The molecule has 0 unspecified atom stereocenters. The number of hydrogen-bond donors (Lipinski definition) is 0. The van der Waals surface area contributed by atoms with Crippen molar-refractivity contribution >= 4 is 17.3 Å². The molecule has 1 aliphatic rings. The second kappa shape index (κ2) is 3.75. The molecule has 18 heavy (non-hydrogen) atoms. The van der Waals surface area contributed by atoms with E-state index in [9.17, 15) is 0 Å². The Labute approximate surface area is 111 Å². The lowest BCUT2D eigenvalue weighted by atomic mass is 9.94. The summed E-state index contributed by atoms with van der Waals surface area (Å²) in [5, 5.41) is 4.47. The Hall–Kier alpha value is -1.48. The van der Waals surface area contributed by atoms with Crippen LogP contribution in [0, 0.1) is 13.8 Å². The number of oxazole rings is 1. The zero-order chi connectivity index (χ0) is 12.9. The van der Waals surface area contributed by atoms with E-state index >= 15 is 0 Å². The molecule has 2 heterocycles. The lowest BCUT2D eigenvalue weighted by molar-refractivity contribution is 0.568. The standard InChI is InChI=1S/C14H15ClN2O/c1-9-8-12-17(16-9)13(10(2)18-12)11-4-6-14(3,15)7-5-11/h4-8,11H,1-3H3. The minimum atomic E-state index is -0.382. The average Bonchev–Trinajstić information content (AvgIpc) is 2.74. The van der Waals surface area contributed by atoms with Gasteiger partial charge < -0.3 is 4.42 Å². The smallest absolute Gasteiger partial charge is 0.222 e. The highest BCUT2D eigenvalue weighted by molar-refractivity contribution is 6.26. The van der Waals surface area contributed by atoms with Crippen molar-refractivity contribution in [3.63, 3.8) is 0 Å². The number of rotatable bonds is 1. The average molecular weight is 263 g/mol. The van der Waals surface area contributed by atoms with Gasteiger partial charge in [0.25, 0.3) is 0 Å². The SMILES string of the molecule is Cc1cc2oc(C)c(C3C=CC(C)(Cl)C=C3)n2n1. The van der Waals surface area contributed by atoms with Crippen molar-refractivity contribution in [2.75, 3.05) is 0 Å². The number of hydrogen-bond acceptors (Lipinski definition) is 2. The molecule has 3 nitrogen and oxygen atoms in total. The van der Waals surface area contributed by atoms with Crippen LogP contribution in [0.15, 0.2) is 34.8 Å². The fourth-order valence-corrected chi connectivity index (χ4v) is 2.49. The van der Waals surface area contributed by atoms with E-state index in [0.717, 1.165) is 22.9 Å². The van der Waals surface area contributed by atoms with Crippen LogP contribution in [0.3, 0.4) is 0 Å². The van der Waals surface area contributed by atoms with E-state index in [-0.39, 0.29) is 10.8 Å². The fraction of sp³-hybridized carbons (Fsp3) is 0.357. The Bertz CT molecular complexity index is 645. The largest absolute Gasteiger partial charge is 0.442 e. The Kier molecular flexibility index (Phi) is 2.42. The lowest BCUT2D eigenvalue weighted by Gasteiger charge is -2.19. The van der Waals surface area contributed by atoms with E-state index < -0.39 is 0 Å². The Balaban J connectivity index is 2.10. The maximum absolute atomic E-state index is 6.24. The first-order valence-corrected chi connectivity index (χ1v) is 6.37. The summed E-state index contributed by atoms with van der Waals surface area (Å²) in [6, 6.07) is 1.94. The molecule has 2 aromatic rings. The van der Waals surface area contributed by atoms with Gasteiger partial charge in [-0.3, -0.25) is 0 Å². The number of alkyl halides is 1. The Morgan fingerprint density at radius 1 is 1.33 bits per heavy atom. The number of aryl methyl sites for hydroxylation is 2. The van der Waals surface area contributed by atoms with Crippen molar-refractivity contribution in [3.8, 4) is 0 Å².